The first-order valence-electron chi connectivity index (χ1n) is 4.15. The zero-order valence-corrected chi connectivity index (χ0v) is 8.59. The lowest BCUT2D eigenvalue weighted by atomic mass is 10.1. The van der Waals surface area contributed by atoms with Gasteiger partial charge in [-0.05, 0) is 0 Å². The van der Waals surface area contributed by atoms with Gasteiger partial charge < -0.3 is 14.6 Å². The summed E-state index contributed by atoms with van der Waals surface area (Å²) < 4.78 is 9.08. The molecular weight excluding hydrogens is 218 g/mol. The molecule has 0 heterocycles. The molecule has 16 heavy (non-hydrogen) atoms. The number of phenolic OH excluding ortho intramolecular Hbond substituents is 1. The van der Waals surface area contributed by atoms with Crippen molar-refractivity contribution >= 4 is 11.7 Å². The molecule has 0 aliphatic carbocycles. The molecule has 1 aromatic carbocycles. The van der Waals surface area contributed by atoms with E-state index in [4.69, 9.17) is 4.74 Å². The van der Waals surface area contributed by atoms with Crippen LogP contribution in [0.2, 0.25) is 0 Å². The molecule has 0 saturated carbocycles. The Morgan fingerprint density at radius 3 is 2.50 bits per heavy atom. The minimum atomic E-state index is -0.875. The number of hydrogen-bond donors (Lipinski definition) is 1. The predicted molar refractivity (Wildman–Crippen MR) is 52.7 cm³/mol. The van der Waals surface area contributed by atoms with Gasteiger partial charge in [-0.15, -0.1) is 0 Å². The lowest BCUT2D eigenvalue weighted by molar-refractivity contribution is -0.385. The second kappa shape index (κ2) is 4.47. The molecule has 0 aliphatic heterocycles. The average molecular weight is 227 g/mol. The molecule has 0 aromatic heterocycles. The zero-order valence-electron chi connectivity index (χ0n) is 8.59. The minimum absolute atomic E-state index is 0.158. The van der Waals surface area contributed by atoms with Crippen molar-refractivity contribution in [1.29, 1.82) is 0 Å². The average Bonchev–Trinajstić information content (AvgIpc) is 2.28. The molecule has 0 unspecified atom stereocenters. The second-order valence-corrected chi connectivity index (χ2v) is 2.79. The number of carbonyl (C=O) groups excluding carboxylic acids is 1. The number of benzene rings is 1. The van der Waals surface area contributed by atoms with E-state index in [1.165, 1.54) is 7.11 Å². The summed E-state index contributed by atoms with van der Waals surface area (Å²) in [5, 5.41) is 20.1. The van der Waals surface area contributed by atoms with E-state index in [-0.39, 0.29) is 17.0 Å². The van der Waals surface area contributed by atoms with Crippen LogP contribution in [0.25, 0.3) is 0 Å². The smallest absolute Gasteiger partial charge is 0.342 e. The van der Waals surface area contributed by atoms with Crippen LogP contribution in [0.15, 0.2) is 12.1 Å². The molecule has 0 atom stereocenters. The Morgan fingerprint density at radius 2 is 2.06 bits per heavy atom. The molecule has 1 N–H and O–H groups in total. The van der Waals surface area contributed by atoms with Gasteiger partial charge in [0.15, 0.2) is 11.5 Å². The van der Waals surface area contributed by atoms with E-state index in [1.54, 1.807) is 0 Å². The van der Waals surface area contributed by atoms with Crippen molar-refractivity contribution < 1.29 is 24.3 Å². The Balaban J connectivity index is 3.41. The first kappa shape index (κ1) is 11.8. The van der Waals surface area contributed by atoms with Gasteiger partial charge in [-0.1, -0.05) is 0 Å². The van der Waals surface area contributed by atoms with Gasteiger partial charge in [-0.25, -0.2) is 4.79 Å². The largest absolute Gasteiger partial charge is 0.504 e. The highest BCUT2D eigenvalue weighted by molar-refractivity contribution is 5.94. The van der Waals surface area contributed by atoms with E-state index >= 15 is 0 Å². The van der Waals surface area contributed by atoms with Crippen molar-refractivity contribution in [2.75, 3.05) is 14.2 Å². The summed E-state index contributed by atoms with van der Waals surface area (Å²) in [5.41, 5.74) is -0.677. The van der Waals surface area contributed by atoms with Crippen molar-refractivity contribution in [1.82, 2.24) is 0 Å². The topological polar surface area (TPSA) is 98.9 Å². The third kappa shape index (κ3) is 2.02. The first-order valence-corrected chi connectivity index (χ1v) is 4.15. The van der Waals surface area contributed by atoms with Crippen LogP contribution in [0.3, 0.4) is 0 Å². The maximum absolute atomic E-state index is 11.2. The second-order valence-electron chi connectivity index (χ2n) is 2.79. The molecule has 0 bridgehead atoms. The summed E-state index contributed by atoms with van der Waals surface area (Å²) in [4.78, 5) is 21.1. The number of ether oxygens (including phenoxy) is 2. The van der Waals surface area contributed by atoms with Crippen molar-refractivity contribution in [3.05, 3.63) is 27.8 Å². The summed E-state index contributed by atoms with van der Waals surface area (Å²) in [6.07, 6.45) is 0. The summed E-state index contributed by atoms with van der Waals surface area (Å²) in [6, 6.07) is 1.94. The van der Waals surface area contributed by atoms with Gasteiger partial charge in [0.05, 0.1) is 25.2 Å². The number of phenols is 1. The van der Waals surface area contributed by atoms with E-state index in [9.17, 15) is 20.0 Å². The maximum Gasteiger partial charge on any atom is 0.342 e. The van der Waals surface area contributed by atoms with Crippen molar-refractivity contribution in [2.45, 2.75) is 0 Å². The highest BCUT2D eigenvalue weighted by atomic mass is 16.6. The third-order valence-corrected chi connectivity index (χ3v) is 1.90. The third-order valence-electron chi connectivity index (χ3n) is 1.90. The van der Waals surface area contributed by atoms with Gasteiger partial charge in [-0.3, -0.25) is 10.1 Å². The normalized spacial score (nSPS) is 9.62. The molecule has 7 heteroatoms. The van der Waals surface area contributed by atoms with Crippen LogP contribution in [0.5, 0.6) is 11.5 Å². The number of nitrogens with zero attached hydrogens (tertiary/aromatic N) is 1. The highest BCUT2D eigenvalue weighted by Crippen LogP contribution is 2.34. The number of nitro benzene ring substituents is 1. The van der Waals surface area contributed by atoms with Crippen molar-refractivity contribution in [2.24, 2.45) is 0 Å². The number of methoxy groups -OCH3 is 2. The first-order chi connectivity index (χ1) is 7.51. The molecule has 0 aliphatic rings. The van der Waals surface area contributed by atoms with E-state index in [0.717, 1.165) is 19.2 Å². The monoisotopic (exact) mass is 227 g/mol. The molecule has 7 nitrogen and oxygen atoms in total. The number of carbonyl (C=O) groups is 1. The van der Waals surface area contributed by atoms with Crippen LogP contribution >= 0.6 is 0 Å². The van der Waals surface area contributed by atoms with Crippen molar-refractivity contribution in [3.8, 4) is 11.5 Å². The van der Waals surface area contributed by atoms with E-state index < -0.39 is 16.6 Å². The molecule has 86 valence electrons. The Morgan fingerprint density at radius 1 is 1.44 bits per heavy atom. The molecular formula is C9H9NO6. The molecule has 0 spiro atoms. The van der Waals surface area contributed by atoms with Gasteiger partial charge in [0.25, 0.3) is 5.69 Å². The van der Waals surface area contributed by atoms with Gasteiger partial charge in [0, 0.05) is 6.07 Å². The quantitative estimate of drug-likeness (QED) is 0.471. The minimum Gasteiger partial charge on any atom is -0.504 e. The number of esters is 1. The number of hydrogen-bond acceptors (Lipinski definition) is 6. The summed E-state index contributed by atoms with van der Waals surface area (Å²) in [7, 11) is 2.33. The zero-order chi connectivity index (χ0) is 12.3. The molecule has 1 aromatic rings. The number of aromatic hydroxyl groups is 1. The Kier molecular flexibility index (Phi) is 3.29. The fourth-order valence-electron chi connectivity index (χ4n) is 1.12. The fourth-order valence-corrected chi connectivity index (χ4v) is 1.12. The van der Waals surface area contributed by atoms with Crippen LogP contribution in [0.1, 0.15) is 10.4 Å². The molecule has 0 amide bonds. The number of non-ortho nitro benzene ring substituents is 1. The molecule has 0 saturated heterocycles. The van der Waals surface area contributed by atoms with Gasteiger partial charge in [0.2, 0.25) is 0 Å². The molecule has 0 fully saturated rings. The van der Waals surface area contributed by atoms with Crippen LogP contribution in [-0.2, 0) is 4.74 Å². The summed E-state index contributed by atoms with van der Waals surface area (Å²) in [5.74, 6) is -1.52. The molecule has 0 radical (unpaired) electrons. The number of nitro groups is 1. The lowest BCUT2D eigenvalue weighted by Gasteiger charge is -2.07. The SMILES string of the molecule is COC(=O)c1cc([N+](=O)[O-])cc(OC)c1O. The Hall–Kier alpha value is -2.31. The van der Waals surface area contributed by atoms with Crippen molar-refractivity contribution in [3.63, 3.8) is 0 Å². The van der Waals surface area contributed by atoms with Gasteiger partial charge >= 0.3 is 5.97 Å². The number of rotatable bonds is 3. The Bertz CT molecular complexity index is 442. The van der Waals surface area contributed by atoms with E-state index in [1.807, 2.05) is 0 Å². The van der Waals surface area contributed by atoms with Gasteiger partial charge in [0.1, 0.15) is 5.56 Å². The standard InChI is InChI=1S/C9H9NO6/c1-15-7-4-5(10(13)14)3-6(8(7)11)9(12)16-2/h3-4,11H,1-2H3. The highest BCUT2D eigenvalue weighted by Gasteiger charge is 2.21. The fraction of sp³-hybridized carbons (Fsp3) is 0.222. The van der Waals surface area contributed by atoms with Crippen LogP contribution in [0.4, 0.5) is 5.69 Å². The van der Waals surface area contributed by atoms with E-state index in [2.05, 4.69) is 4.74 Å². The van der Waals surface area contributed by atoms with Gasteiger partial charge in [-0.2, -0.15) is 0 Å². The predicted octanol–water partition coefficient (Wildman–Crippen LogP) is 1.10. The van der Waals surface area contributed by atoms with Crippen LogP contribution in [-0.4, -0.2) is 30.2 Å². The van der Waals surface area contributed by atoms with E-state index in [0.29, 0.717) is 0 Å². The maximum atomic E-state index is 11.2. The Labute approximate surface area is 90.4 Å². The lowest BCUT2D eigenvalue weighted by Crippen LogP contribution is -2.04. The molecule has 1 rings (SSSR count). The summed E-state index contributed by atoms with van der Waals surface area (Å²) >= 11 is 0. The van der Waals surface area contributed by atoms with Crippen LogP contribution in [0, 0.1) is 10.1 Å². The van der Waals surface area contributed by atoms with Crippen LogP contribution < -0.4 is 4.74 Å². The summed E-state index contributed by atoms with van der Waals surface area (Å²) in [6.45, 7) is 0.